The molecule has 1 aliphatic rings. The molecular formula is C31H29FN8O2S. The van der Waals surface area contributed by atoms with Gasteiger partial charge in [0.1, 0.15) is 21.3 Å². The molecular weight excluding hydrogens is 567 g/mol. The summed E-state index contributed by atoms with van der Waals surface area (Å²) in [7, 11) is -3.18. The number of rotatable bonds is 8. The lowest BCUT2D eigenvalue weighted by molar-refractivity contribution is 0.331. The number of benzene rings is 1. The van der Waals surface area contributed by atoms with Gasteiger partial charge in [-0.3, -0.25) is 15.0 Å². The Bertz CT molecular complexity index is 2080. The molecule has 1 aromatic carbocycles. The lowest BCUT2D eigenvalue weighted by atomic mass is 10.0. The van der Waals surface area contributed by atoms with Gasteiger partial charge < -0.3 is 4.98 Å². The smallest absolute Gasteiger partial charge is 0.181 e. The Balaban J connectivity index is 1.24. The Morgan fingerprint density at radius 3 is 2.58 bits per heavy atom. The first-order chi connectivity index (χ1) is 20.8. The van der Waals surface area contributed by atoms with E-state index in [1.54, 1.807) is 24.5 Å². The summed E-state index contributed by atoms with van der Waals surface area (Å²) in [5, 5.41) is 8.25. The summed E-state index contributed by atoms with van der Waals surface area (Å²) in [6.45, 7) is 3.12. The van der Waals surface area contributed by atoms with Gasteiger partial charge in [-0.05, 0) is 79.4 Å². The quantitative estimate of drug-likeness (QED) is 0.252. The van der Waals surface area contributed by atoms with Crippen molar-refractivity contribution in [2.45, 2.75) is 25.8 Å². The molecule has 7 rings (SSSR count). The number of nitrogens with one attached hydrogen (secondary N) is 2. The molecule has 12 heteroatoms. The lowest BCUT2D eigenvalue weighted by Crippen LogP contribution is -2.18. The Hall–Kier alpha value is -4.55. The molecule has 0 saturated carbocycles. The highest BCUT2D eigenvalue weighted by atomic mass is 32.2. The van der Waals surface area contributed by atoms with Gasteiger partial charge in [0, 0.05) is 54.3 Å². The number of likely N-dealkylation sites (tertiary alicyclic amines) is 1. The van der Waals surface area contributed by atoms with Gasteiger partial charge in [0.25, 0.3) is 0 Å². The van der Waals surface area contributed by atoms with Crippen molar-refractivity contribution < 1.29 is 12.8 Å². The molecule has 0 radical (unpaired) electrons. The van der Waals surface area contributed by atoms with Gasteiger partial charge in [-0.15, -0.1) is 0 Å². The van der Waals surface area contributed by atoms with Crippen LogP contribution in [0.15, 0.2) is 61.2 Å². The van der Waals surface area contributed by atoms with Gasteiger partial charge in [0.2, 0.25) is 0 Å². The second-order valence-electron chi connectivity index (χ2n) is 11.1. The van der Waals surface area contributed by atoms with E-state index in [4.69, 9.17) is 4.98 Å². The molecule has 1 aliphatic heterocycles. The number of halogens is 1. The summed E-state index contributed by atoms with van der Waals surface area (Å²) < 4.78 is 38.0. The van der Waals surface area contributed by atoms with E-state index in [1.165, 1.54) is 36.8 Å². The van der Waals surface area contributed by atoms with Crippen molar-refractivity contribution in [2.24, 2.45) is 0 Å². The van der Waals surface area contributed by atoms with E-state index in [0.29, 0.717) is 45.0 Å². The second kappa shape index (κ2) is 10.9. The van der Waals surface area contributed by atoms with Crippen molar-refractivity contribution in [3.05, 3.63) is 78.1 Å². The van der Waals surface area contributed by atoms with Crippen molar-refractivity contribution in [3.8, 4) is 33.8 Å². The number of nitrogens with zero attached hydrogens (tertiary/aromatic N) is 6. The Labute approximate surface area is 247 Å². The number of fused-ring (bicyclic) bond motifs is 2. The van der Waals surface area contributed by atoms with Gasteiger partial charge in [-0.1, -0.05) is 6.07 Å². The van der Waals surface area contributed by atoms with E-state index in [0.717, 1.165) is 36.1 Å². The minimum Gasteiger partial charge on any atom is -0.335 e. The molecule has 0 aliphatic carbocycles. The minimum atomic E-state index is -3.18. The Kier molecular flexibility index (Phi) is 6.94. The number of aromatic amines is 2. The van der Waals surface area contributed by atoms with Crippen LogP contribution in [0.2, 0.25) is 0 Å². The summed E-state index contributed by atoms with van der Waals surface area (Å²) in [6.07, 6.45) is 11.1. The van der Waals surface area contributed by atoms with E-state index in [2.05, 4.69) is 41.1 Å². The Morgan fingerprint density at radius 2 is 1.74 bits per heavy atom. The second-order valence-corrected chi connectivity index (χ2v) is 13.4. The first kappa shape index (κ1) is 27.3. The molecule has 2 N–H and O–H groups in total. The zero-order chi connectivity index (χ0) is 29.6. The number of hydrogen-bond donors (Lipinski definition) is 2. The molecule has 1 fully saturated rings. The first-order valence-electron chi connectivity index (χ1n) is 14.1. The lowest BCUT2D eigenvalue weighted by Gasteiger charge is -2.14. The van der Waals surface area contributed by atoms with Crippen LogP contribution in [0.5, 0.6) is 0 Å². The molecule has 218 valence electrons. The SMILES string of the molecule is CS(=O)(=O)CCc1cc(F)cc(-c2ccnc3nc(-c4[nH]nc5ncc(-c6cncc(CN7CCCC7)c6)cc45)[nH]c23)c1. The van der Waals surface area contributed by atoms with Crippen LogP contribution in [0, 0.1) is 5.82 Å². The highest BCUT2D eigenvalue weighted by Crippen LogP contribution is 2.33. The molecule has 1 saturated heterocycles. The third kappa shape index (κ3) is 5.75. The maximum Gasteiger partial charge on any atom is 0.181 e. The van der Waals surface area contributed by atoms with Crippen LogP contribution < -0.4 is 0 Å². The van der Waals surface area contributed by atoms with Gasteiger partial charge in [-0.25, -0.2) is 27.8 Å². The number of imidazole rings is 1. The van der Waals surface area contributed by atoms with Crippen molar-refractivity contribution in [2.75, 3.05) is 25.1 Å². The summed E-state index contributed by atoms with van der Waals surface area (Å²) in [4.78, 5) is 24.0. The standard InChI is InChI=1S/C31H29FN8O2S/c1-43(41,42)9-5-19-10-21(13-24(32)12-19)25-4-6-34-30-27(25)36-31(37-30)28-26-14-23(17-35-29(26)39-38-28)22-11-20(15-33-16-22)18-40-7-2-3-8-40/h4,6,10-17H,2-3,5,7-9,18H2,1H3,(H,34,36,37)(H,35,38,39). The maximum atomic E-state index is 14.6. The predicted molar refractivity (Wildman–Crippen MR) is 163 cm³/mol. The average molecular weight is 597 g/mol. The third-order valence-corrected chi connectivity index (χ3v) is 8.75. The molecule has 0 bridgehead atoms. The zero-order valence-electron chi connectivity index (χ0n) is 23.5. The molecule has 5 aromatic heterocycles. The molecule has 6 heterocycles. The van der Waals surface area contributed by atoms with Crippen LogP contribution in [0.4, 0.5) is 4.39 Å². The zero-order valence-corrected chi connectivity index (χ0v) is 24.3. The number of aromatic nitrogens is 7. The molecule has 43 heavy (non-hydrogen) atoms. The maximum absolute atomic E-state index is 14.6. The average Bonchev–Trinajstić information content (AvgIpc) is 3.75. The summed E-state index contributed by atoms with van der Waals surface area (Å²) in [5.41, 5.74) is 7.26. The van der Waals surface area contributed by atoms with Crippen LogP contribution in [0.25, 0.3) is 56.0 Å². The molecule has 0 spiro atoms. The highest BCUT2D eigenvalue weighted by Gasteiger charge is 2.18. The van der Waals surface area contributed by atoms with Crippen LogP contribution in [-0.4, -0.2) is 73.5 Å². The fraction of sp³-hybridized carbons (Fsp3) is 0.258. The van der Waals surface area contributed by atoms with Gasteiger partial charge in [0.15, 0.2) is 17.1 Å². The molecule has 6 aromatic rings. The predicted octanol–water partition coefficient (Wildman–Crippen LogP) is 4.95. The topological polar surface area (TPSA) is 133 Å². The molecule has 10 nitrogen and oxygen atoms in total. The van der Waals surface area contributed by atoms with Crippen molar-refractivity contribution in [1.82, 2.24) is 40.0 Å². The van der Waals surface area contributed by atoms with Crippen LogP contribution in [-0.2, 0) is 22.8 Å². The molecule has 0 atom stereocenters. The number of pyridine rings is 3. The van der Waals surface area contributed by atoms with Crippen LogP contribution in [0.1, 0.15) is 24.0 Å². The monoisotopic (exact) mass is 596 g/mol. The third-order valence-electron chi connectivity index (χ3n) is 7.80. The van der Waals surface area contributed by atoms with Gasteiger partial charge in [0.05, 0.1) is 16.7 Å². The molecule has 0 amide bonds. The van der Waals surface area contributed by atoms with Crippen molar-refractivity contribution in [3.63, 3.8) is 0 Å². The summed E-state index contributed by atoms with van der Waals surface area (Å²) in [6, 6.07) is 10.6. The van der Waals surface area contributed by atoms with E-state index in [9.17, 15) is 12.8 Å². The van der Waals surface area contributed by atoms with E-state index in [-0.39, 0.29) is 12.2 Å². The summed E-state index contributed by atoms with van der Waals surface area (Å²) >= 11 is 0. The van der Waals surface area contributed by atoms with E-state index in [1.807, 2.05) is 18.5 Å². The fourth-order valence-electron chi connectivity index (χ4n) is 5.69. The largest absolute Gasteiger partial charge is 0.335 e. The number of hydrogen-bond acceptors (Lipinski definition) is 8. The van der Waals surface area contributed by atoms with Gasteiger partial charge >= 0.3 is 0 Å². The van der Waals surface area contributed by atoms with Gasteiger partial charge in [-0.2, -0.15) is 5.10 Å². The highest BCUT2D eigenvalue weighted by molar-refractivity contribution is 7.90. The van der Waals surface area contributed by atoms with E-state index < -0.39 is 15.7 Å². The number of H-pyrrole nitrogens is 2. The van der Waals surface area contributed by atoms with Crippen LogP contribution in [0.3, 0.4) is 0 Å². The van der Waals surface area contributed by atoms with Crippen molar-refractivity contribution in [1.29, 1.82) is 0 Å². The first-order valence-corrected chi connectivity index (χ1v) is 16.2. The summed E-state index contributed by atoms with van der Waals surface area (Å²) in [5.74, 6) is 0.0197. The normalized spacial score (nSPS) is 14.3. The fourth-order valence-corrected chi connectivity index (χ4v) is 6.30. The number of sulfone groups is 1. The molecule has 0 unspecified atom stereocenters. The number of aryl methyl sites for hydroxylation is 1. The van der Waals surface area contributed by atoms with Crippen molar-refractivity contribution >= 4 is 32.0 Å². The Morgan fingerprint density at radius 1 is 0.930 bits per heavy atom. The van der Waals surface area contributed by atoms with Crippen LogP contribution >= 0.6 is 0 Å². The minimum absolute atomic E-state index is 0.0580. The van der Waals surface area contributed by atoms with E-state index >= 15 is 0 Å².